The van der Waals surface area contributed by atoms with E-state index >= 15 is 0 Å². The summed E-state index contributed by atoms with van der Waals surface area (Å²) in [5, 5.41) is 79.7. The predicted octanol–water partition coefficient (Wildman–Crippen LogP) is -1.10. The van der Waals surface area contributed by atoms with E-state index in [9.17, 15) is 45.6 Å². The molecule has 14 nitrogen and oxygen atoms in total. The lowest BCUT2D eigenvalue weighted by Crippen LogP contribution is -2.38. The van der Waals surface area contributed by atoms with Gasteiger partial charge in [0.2, 0.25) is 23.8 Å². The van der Waals surface area contributed by atoms with Gasteiger partial charge >= 0.3 is 0 Å². The van der Waals surface area contributed by atoms with Crippen molar-refractivity contribution in [2.75, 3.05) is 6.61 Å². The van der Waals surface area contributed by atoms with Gasteiger partial charge in [-0.1, -0.05) is 0 Å². The summed E-state index contributed by atoms with van der Waals surface area (Å²) in [4.78, 5) is 13.5. The minimum absolute atomic E-state index is 0.178. The Morgan fingerprint density at radius 3 is 2.15 bits per heavy atom. The van der Waals surface area contributed by atoms with E-state index in [1.54, 1.807) is 0 Å². The van der Waals surface area contributed by atoms with Crippen molar-refractivity contribution in [2.45, 2.75) is 62.2 Å². The number of phenolic OH excluding ortho intramolecular Hbond substituents is 2. The van der Waals surface area contributed by atoms with Crippen LogP contribution in [0.25, 0.3) is 22.3 Å². The zero-order chi connectivity index (χ0) is 28.9. The molecule has 0 aliphatic carbocycles. The number of ether oxygens (including phenoxy) is 4. The SMILES string of the molecule is CC(O)C1OC(Oc2c(-c3ccc(OC4OC(CO)C(O)C4O)cc3)oc3cc(O)cc(O)c3c2=O)C(O)C1O. The number of aliphatic hydroxyl groups is 6. The molecule has 8 N–H and O–H groups in total. The quantitative estimate of drug-likeness (QED) is 0.170. The van der Waals surface area contributed by atoms with Gasteiger partial charge in [0.05, 0.1) is 12.7 Å². The second kappa shape index (κ2) is 10.8. The van der Waals surface area contributed by atoms with E-state index in [2.05, 4.69) is 0 Å². The number of hydrogen-bond acceptors (Lipinski definition) is 14. The Hall–Kier alpha value is -3.47. The minimum Gasteiger partial charge on any atom is -0.508 e. The number of aromatic hydroxyl groups is 2. The van der Waals surface area contributed by atoms with Crippen molar-refractivity contribution in [3.8, 4) is 34.3 Å². The maximum Gasteiger partial charge on any atom is 0.239 e. The lowest BCUT2D eigenvalue weighted by molar-refractivity contribution is -0.129. The Kier molecular flexibility index (Phi) is 7.60. The fourth-order valence-corrected chi connectivity index (χ4v) is 4.63. The first-order valence-corrected chi connectivity index (χ1v) is 12.3. The molecular weight excluding hydrogens is 536 g/mol. The number of benzene rings is 2. The molecule has 3 aromatic rings. The number of rotatable bonds is 7. The summed E-state index contributed by atoms with van der Waals surface area (Å²) in [6.45, 7) is 0.813. The van der Waals surface area contributed by atoms with Crippen LogP contribution in [0, 0.1) is 0 Å². The van der Waals surface area contributed by atoms with Gasteiger partial charge in [-0.3, -0.25) is 4.79 Å². The highest BCUT2D eigenvalue weighted by Gasteiger charge is 2.47. The van der Waals surface area contributed by atoms with Gasteiger partial charge in [-0.05, 0) is 31.2 Å². The molecule has 2 saturated heterocycles. The van der Waals surface area contributed by atoms with Crippen molar-refractivity contribution in [1.29, 1.82) is 0 Å². The molecule has 5 rings (SSSR count). The Balaban J connectivity index is 1.51. The van der Waals surface area contributed by atoms with Crippen LogP contribution >= 0.6 is 0 Å². The molecule has 0 amide bonds. The number of phenols is 2. The minimum atomic E-state index is -1.65. The van der Waals surface area contributed by atoms with E-state index in [0.717, 1.165) is 12.1 Å². The molecule has 0 bridgehead atoms. The molecular formula is C26H28O14. The molecule has 0 radical (unpaired) electrons. The summed E-state index contributed by atoms with van der Waals surface area (Å²) in [6, 6.07) is 7.77. The average Bonchev–Trinajstić information content (AvgIpc) is 3.35. The highest BCUT2D eigenvalue weighted by Crippen LogP contribution is 2.38. The van der Waals surface area contributed by atoms with Crippen LogP contribution in [-0.4, -0.2) is 103 Å². The lowest BCUT2D eigenvalue weighted by atomic mass is 10.1. The van der Waals surface area contributed by atoms with Crippen LogP contribution in [-0.2, 0) is 9.47 Å². The molecule has 2 aromatic carbocycles. The van der Waals surface area contributed by atoms with Gasteiger partial charge in [-0.25, -0.2) is 0 Å². The van der Waals surface area contributed by atoms with Crippen LogP contribution in [0.15, 0.2) is 45.6 Å². The molecule has 9 atom stereocenters. The highest BCUT2D eigenvalue weighted by molar-refractivity contribution is 5.88. The Morgan fingerprint density at radius 1 is 0.900 bits per heavy atom. The molecule has 216 valence electrons. The maximum absolute atomic E-state index is 13.5. The molecule has 1 aromatic heterocycles. The summed E-state index contributed by atoms with van der Waals surface area (Å²) >= 11 is 0. The fraction of sp³-hybridized carbons (Fsp3) is 0.423. The molecule has 14 heteroatoms. The van der Waals surface area contributed by atoms with E-state index in [1.165, 1.54) is 31.2 Å². The molecule has 3 heterocycles. The van der Waals surface area contributed by atoms with Crippen LogP contribution in [0.5, 0.6) is 23.0 Å². The van der Waals surface area contributed by atoms with E-state index in [-0.39, 0.29) is 33.8 Å². The van der Waals surface area contributed by atoms with E-state index in [0.29, 0.717) is 0 Å². The number of aliphatic hydroxyl groups excluding tert-OH is 6. The van der Waals surface area contributed by atoms with Crippen LogP contribution in [0.1, 0.15) is 6.92 Å². The Bertz CT molecular complexity index is 1420. The van der Waals surface area contributed by atoms with Crippen LogP contribution < -0.4 is 14.9 Å². The Morgan fingerprint density at radius 2 is 1.55 bits per heavy atom. The van der Waals surface area contributed by atoms with Gasteiger partial charge in [0.15, 0.2) is 5.76 Å². The topological polar surface area (TPSA) is 229 Å². The molecule has 40 heavy (non-hydrogen) atoms. The van der Waals surface area contributed by atoms with Crippen molar-refractivity contribution >= 4 is 11.0 Å². The van der Waals surface area contributed by atoms with Crippen molar-refractivity contribution in [3.05, 3.63) is 46.6 Å². The Labute approximate surface area is 225 Å². The first-order chi connectivity index (χ1) is 19.0. The summed E-state index contributed by atoms with van der Waals surface area (Å²) in [7, 11) is 0. The standard InChI is InChI=1S/C26H28O14/c1-9(28)22-19(33)21(35)26(39-22)40-24-18(32)16-13(30)6-11(29)7-14(16)37-23(24)10-2-4-12(5-3-10)36-25-20(34)17(31)15(8-27)38-25/h2-7,9,15,17,19-22,25-31,33-35H,8H2,1H3. The van der Waals surface area contributed by atoms with E-state index < -0.39 is 78.8 Å². The van der Waals surface area contributed by atoms with Crippen molar-refractivity contribution in [1.82, 2.24) is 0 Å². The van der Waals surface area contributed by atoms with Gasteiger partial charge < -0.3 is 64.2 Å². The zero-order valence-corrected chi connectivity index (χ0v) is 20.9. The monoisotopic (exact) mass is 564 g/mol. The van der Waals surface area contributed by atoms with E-state index in [4.69, 9.17) is 23.4 Å². The normalized spacial score (nSPS) is 31.0. The van der Waals surface area contributed by atoms with Crippen LogP contribution in [0.3, 0.4) is 0 Å². The van der Waals surface area contributed by atoms with Gasteiger partial charge in [0, 0.05) is 17.7 Å². The molecule has 2 fully saturated rings. The van der Waals surface area contributed by atoms with Crippen molar-refractivity contribution in [2.24, 2.45) is 0 Å². The zero-order valence-electron chi connectivity index (χ0n) is 20.9. The lowest BCUT2D eigenvalue weighted by Gasteiger charge is -2.19. The molecule has 2 aliphatic heterocycles. The average molecular weight is 564 g/mol. The maximum atomic E-state index is 13.5. The second-order valence-electron chi connectivity index (χ2n) is 9.59. The van der Waals surface area contributed by atoms with Gasteiger partial charge in [0.25, 0.3) is 0 Å². The van der Waals surface area contributed by atoms with E-state index in [1.807, 2.05) is 0 Å². The largest absolute Gasteiger partial charge is 0.508 e. The van der Waals surface area contributed by atoms with Gasteiger partial charge in [-0.15, -0.1) is 0 Å². The predicted molar refractivity (Wildman–Crippen MR) is 133 cm³/mol. The van der Waals surface area contributed by atoms with Crippen molar-refractivity contribution < 1.29 is 64.2 Å². The number of fused-ring (bicyclic) bond motifs is 1. The first kappa shape index (κ1) is 28.1. The first-order valence-electron chi connectivity index (χ1n) is 12.3. The van der Waals surface area contributed by atoms with Crippen LogP contribution in [0.2, 0.25) is 0 Å². The second-order valence-corrected chi connectivity index (χ2v) is 9.59. The molecule has 9 unspecified atom stereocenters. The third-order valence-corrected chi connectivity index (χ3v) is 6.75. The summed E-state index contributed by atoms with van der Waals surface area (Å²) < 4.78 is 27.8. The molecule has 0 saturated carbocycles. The summed E-state index contributed by atoms with van der Waals surface area (Å²) in [6.07, 6.45) is -12.2. The van der Waals surface area contributed by atoms with Crippen LogP contribution in [0.4, 0.5) is 0 Å². The van der Waals surface area contributed by atoms with Crippen molar-refractivity contribution in [3.63, 3.8) is 0 Å². The van der Waals surface area contributed by atoms with Gasteiger partial charge in [-0.2, -0.15) is 0 Å². The highest BCUT2D eigenvalue weighted by atomic mass is 16.7. The summed E-state index contributed by atoms with van der Waals surface area (Å²) in [5.41, 5.74) is -0.844. The summed E-state index contributed by atoms with van der Waals surface area (Å²) in [5.74, 6) is -1.51. The fourth-order valence-electron chi connectivity index (χ4n) is 4.63. The molecule has 0 spiro atoms. The molecule has 2 aliphatic rings. The number of hydrogen-bond donors (Lipinski definition) is 8. The van der Waals surface area contributed by atoms with Gasteiger partial charge in [0.1, 0.15) is 64.8 Å². The third kappa shape index (κ3) is 4.95. The smallest absolute Gasteiger partial charge is 0.239 e. The third-order valence-electron chi connectivity index (χ3n) is 6.75.